The first kappa shape index (κ1) is 19.4. The van der Waals surface area contributed by atoms with E-state index in [0.29, 0.717) is 0 Å². The van der Waals surface area contributed by atoms with Crippen LogP contribution in [-0.4, -0.2) is 27.1 Å². The monoisotopic (exact) mass is 412 g/mol. The SMILES string of the molecule is Cc1ccc(-c2ccnc3c(C(=O)Nc4ccc(F)cc4OC(F)F)cnn23)cc1. The van der Waals surface area contributed by atoms with Gasteiger partial charge in [-0.1, -0.05) is 29.8 Å². The molecule has 0 aliphatic heterocycles. The Bertz CT molecular complexity index is 1220. The smallest absolute Gasteiger partial charge is 0.387 e. The normalized spacial score (nSPS) is 11.1. The average molecular weight is 412 g/mol. The zero-order valence-corrected chi connectivity index (χ0v) is 15.6. The Hall–Kier alpha value is -3.88. The van der Waals surface area contributed by atoms with Crippen molar-refractivity contribution in [1.82, 2.24) is 14.6 Å². The maximum absolute atomic E-state index is 13.4. The number of hydrogen-bond donors (Lipinski definition) is 1. The molecule has 4 aromatic rings. The fourth-order valence-electron chi connectivity index (χ4n) is 2.98. The van der Waals surface area contributed by atoms with Crippen molar-refractivity contribution in [1.29, 1.82) is 0 Å². The topological polar surface area (TPSA) is 68.5 Å². The minimum atomic E-state index is -3.17. The van der Waals surface area contributed by atoms with Crippen LogP contribution < -0.4 is 10.1 Å². The van der Waals surface area contributed by atoms with E-state index >= 15 is 0 Å². The number of nitrogens with one attached hydrogen (secondary N) is 1. The van der Waals surface area contributed by atoms with Gasteiger partial charge in [0.1, 0.15) is 11.4 Å². The van der Waals surface area contributed by atoms with E-state index in [-0.39, 0.29) is 16.9 Å². The van der Waals surface area contributed by atoms with Crippen LogP contribution in [0.15, 0.2) is 60.9 Å². The van der Waals surface area contributed by atoms with Crippen molar-refractivity contribution in [3.05, 3.63) is 77.9 Å². The summed E-state index contributed by atoms with van der Waals surface area (Å²) in [6.45, 7) is -1.19. The molecule has 0 fully saturated rings. The number of fused-ring (bicyclic) bond motifs is 1. The molecule has 0 unspecified atom stereocenters. The highest BCUT2D eigenvalue weighted by atomic mass is 19.3. The Balaban J connectivity index is 1.69. The number of benzene rings is 2. The number of amides is 1. The van der Waals surface area contributed by atoms with E-state index in [1.54, 1.807) is 12.3 Å². The third-order valence-corrected chi connectivity index (χ3v) is 4.40. The van der Waals surface area contributed by atoms with Gasteiger partial charge in [0.15, 0.2) is 11.4 Å². The lowest BCUT2D eigenvalue weighted by atomic mass is 10.1. The number of ether oxygens (including phenoxy) is 1. The second-order valence-electron chi connectivity index (χ2n) is 6.46. The van der Waals surface area contributed by atoms with Crippen molar-refractivity contribution in [2.45, 2.75) is 13.5 Å². The summed E-state index contributed by atoms with van der Waals surface area (Å²) in [4.78, 5) is 17.0. The lowest BCUT2D eigenvalue weighted by Crippen LogP contribution is -2.14. The van der Waals surface area contributed by atoms with Crippen LogP contribution in [0.2, 0.25) is 0 Å². The standard InChI is InChI=1S/C21H15F3N4O2/c1-12-2-4-13(5-3-12)17-8-9-25-19-15(11-26-28(17)19)20(29)27-16-7-6-14(22)10-18(16)30-21(23)24/h2-11,21H,1H3,(H,27,29). The third kappa shape index (κ3) is 3.82. The number of aromatic nitrogens is 3. The summed E-state index contributed by atoms with van der Waals surface area (Å²) in [6.07, 6.45) is 2.87. The molecule has 2 heterocycles. The molecule has 2 aromatic carbocycles. The first-order valence-corrected chi connectivity index (χ1v) is 8.88. The number of nitrogens with zero attached hydrogens (tertiary/aromatic N) is 3. The Kier molecular flexibility index (Phi) is 5.09. The molecule has 0 saturated carbocycles. The van der Waals surface area contributed by atoms with Crippen LogP contribution >= 0.6 is 0 Å². The Morgan fingerprint density at radius 2 is 1.90 bits per heavy atom. The van der Waals surface area contributed by atoms with E-state index in [1.165, 1.54) is 10.7 Å². The van der Waals surface area contributed by atoms with E-state index in [1.807, 2.05) is 31.2 Å². The summed E-state index contributed by atoms with van der Waals surface area (Å²) >= 11 is 0. The molecule has 152 valence electrons. The largest absolute Gasteiger partial charge is 0.432 e. The number of hydrogen-bond acceptors (Lipinski definition) is 4. The van der Waals surface area contributed by atoms with Gasteiger partial charge in [-0.25, -0.2) is 13.9 Å². The molecular weight excluding hydrogens is 397 g/mol. The minimum Gasteiger partial charge on any atom is -0.432 e. The summed E-state index contributed by atoms with van der Waals surface area (Å²) in [7, 11) is 0. The summed E-state index contributed by atoms with van der Waals surface area (Å²) in [5, 5.41) is 6.69. The summed E-state index contributed by atoms with van der Waals surface area (Å²) in [5.74, 6) is -1.91. The molecule has 30 heavy (non-hydrogen) atoms. The van der Waals surface area contributed by atoms with Gasteiger partial charge in [0.05, 0.1) is 17.6 Å². The number of halogens is 3. The molecule has 9 heteroatoms. The predicted molar refractivity (Wildman–Crippen MR) is 104 cm³/mol. The van der Waals surface area contributed by atoms with E-state index in [2.05, 4.69) is 20.1 Å². The van der Waals surface area contributed by atoms with Crippen molar-refractivity contribution >= 4 is 17.2 Å². The number of aryl methyl sites for hydroxylation is 1. The van der Waals surface area contributed by atoms with Gasteiger partial charge in [0, 0.05) is 17.8 Å². The van der Waals surface area contributed by atoms with Gasteiger partial charge in [0.25, 0.3) is 5.91 Å². The lowest BCUT2D eigenvalue weighted by Gasteiger charge is -2.11. The second kappa shape index (κ2) is 7.86. The zero-order valence-electron chi connectivity index (χ0n) is 15.6. The van der Waals surface area contributed by atoms with Crippen LogP contribution in [-0.2, 0) is 0 Å². The Morgan fingerprint density at radius 1 is 1.13 bits per heavy atom. The molecule has 4 rings (SSSR count). The highest BCUT2D eigenvalue weighted by Gasteiger charge is 2.19. The van der Waals surface area contributed by atoms with Crippen molar-refractivity contribution in [3.8, 4) is 17.0 Å². The van der Waals surface area contributed by atoms with Crippen molar-refractivity contribution in [3.63, 3.8) is 0 Å². The van der Waals surface area contributed by atoms with Gasteiger partial charge in [-0.05, 0) is 25.1 Å². The maximum atomic E-state index is 13.4. The van der Waals surface area contributed by atoms with Gasteiger partial charge in [-0.2, -0.15) is 13.9 Å². The van der Waals surface area contributed by atoms with Gasteiger partial charge in [-0.15, -0.1) is 0 Å². The molecule has 1 amide bonds. The van der Waals surface area contributed by atoms with Crippen molar-refractivity contribution in [2.75, 3.05) is 5.32 Å². The van der Waals surface area contributed by atoms with Crippen LogP contribution in [0, 0.1) is 12.7 Å². The van der Waals surface area contributed by atoms with Crippen LogP contribution in [0.5, 0.6) is 5.75 Å². The molecule has 0 saturated heterocycles. The molecule has 1 N–H and O–H groups in total. The number of rotatable bonds is 5. The average Bonchev–Trinajstić information content (AvgIpc) is 3.14. The van der Waals surface area contributed by atoms with Gasteiger partial charge in [0.2, 0.25) is 0 Å². The minimum absolute atomic E-state index is 0.101. The highest BCUT2D eigenvalue weighted by molar-refractivity contribution is 6.08. The quantitative estimate of drug-likeness (QED) is 0.516. The third-order valence-electron chi connectivity index (χ3n) is 4.40. The molecule has 0 atom stereocenters. The molecular formula is C21H15F3N4O2. The molecule has 0 bridgehead atoms. The highest BCUT2D eigenvalue weighted by Crippen LogP contribution is 2.28. The first-order chi connectivity index (χ1) is 14.4. The molecule has 0 aliphatic carbocycles. The van der Waals surface area contributed by atoms with Crippen LogP contribution in [0.1, 0.15) is 15.9 Å². The molecule has 0 spiro atoms. The van der Waals surface area contributed by atoms with Gasteiger partial charge >= 0.3 is 6.61 Å². The number of anilines is 1. The summed E-state index contributed by atoms with van der Waals surface area (Å²) < 4.78 is 44.4. The van der Waals surface area contributed by atoms with Gasteiger partial charge in [-0.3, -0.25) is 4.79 Å². The molecule has 0 radical (unpaired) electrons. The number of carbonyl (C=O) groups excluding carboxylic acids is 1. The van der Waals surface area contributed by atoms with Crippen LogP contribution in [0.3, 0.4) is 0 Å². The lowest BCUT2D eigenvalue weighted by molar-refractivity contribution is -0.0495. The number of carbonyl (C=O) groups is 1. The van der Waals surface area contributed by atoms with E-state index in [4.69, 9.17) is 0 Å². The second-order valence-corrected chi connectivity index (χ2v) is 6.46. The van der Waals surface area contributed by atoms with Crippen molar-refractivity contribution < 1.29 is 22.7 Å². The predicted octanol–water partition coefficient (Wildman–Crippen LogP) is 4.70. The Morgan fingerprint density at radius 3 is 2.63 bits per heavy atom. The van der Waals surface area contributed by atoms with E-state index < -0.39 is 24.1 Å². The van der Waals surface area contributed by atoms with Crippen LogP contribution in [0.25, 0.3) is 16.9 Å². The Labute approximate surface area is 168 Å². The zero-order chi connectivity index (χ0) is 21.3. The summed E-state index contributed by atoms with van der Waals surface area (Å²) in [5.41, 5.74) is 3.01. The van der Waals surface area contributed by atoms with Crippen molar-refractivity contribution in [2.24, 2.45) is 0 Å². The first-order valence-electron chi connectivity index (χ1n) is 8.88. The molecule has 0 aliphatic rings. The fourth-order valence-corrected chi connectivity index (χ4v) is 2.98. The fraction of sp³-hybridized carbons (Fsp3) is 0.0952. The maximum Gasteiger partial charge on any atom is 0.387 e. The summed E-state index contributed by atoms with van der Waals surface area (Å²) in [6, 6.07) is 12.5. The van der Waals surface area contributed by atoms with E-state index in [9.17, 15) is 18.0 Å². The molecule has 2 aromatic heterocycles. The van der Waals surface area contributed by atoms with Gasteiger partial charge < -0.3 is 10.1 Å². The van der Waals surface area contributed by atoms with E-state index in [0.717, 1.165) is 35.0 Å². The number of alkyl halides is 2. The van der Waals surface area contributed by atoms with Crippen LogP contribution in [0.4, 0.5) is 18.9 Å². The molecule has 6 nitrogen and oxygen atoms in total.